The normalized spacial score (nSPS) is 17.0. The van der Waals surface area contributed by atoms with Gasteiger partial charge in [-0.05, 0) is 50.4 Å². The Hall–Kier alpha value is -1.85. The van der Waals surface area contributed by atoms with Crippen LogP contribution in [0.25, 0.3) is 10.9 Å². The fourth-order valence-electron chi connectivity index (χ4n) is 3.63. The molecule has 1 aliphatic rings. The number of H-pyrrole nitrogens is 1. The molecule has 3 rings (SSSR count). The van der Waals surface area contributed by atoms with Gasteiger partial charge in [0.15, 0.2) is 0 Å². The minimum Gasteiger partial charge on any atom is -0.384 e. The quantitative estimate of drug-likeness (QED) is 0.683. The number of carbonyl (C=O) groups is 1. The van der Waals surface area contributed by atoms with E-state index in [-0.39, 0.29) is 11.3 Å². The number of hydrogen-bond acceptors (Lipinski definition) is 3. The largest absolute Gasteiger partial charge is 0.384 e. The molecule has 2 heterocycles. The molecule has 1 aromatic heterocycles. The lowest BCUT2D eigenvalue weighted by molar-refractivity contribution is -0.136. The summed E-state index contributed by atoms with van der Waals surface area (Å²) in [5, 5.41) is 7.72. The molecule has 5 nitrogen and oxygen atoms in total. The van der Waals surface area contributed by atoms with Gasteiger partial charge in [0.1, 0.15) is 0 Å². The van der Waals surface area contributed by atoms with Crippen molar-refractivity contribution in [1.82, 2.24) is 15.6 Å². The molecule has 0 saturated carbocycles. The number of hydrogen-bond donors (Lipinski definition) is 3. The molecule has 3 N–H and O–H groups in total. The molecule has 1 amide bonds. The molecule has 0 radical (unpaired) electrons. The van der Waals surface area contributed by atoms with E-state index < -0.39 is 0 Å². The third-order valence-electron chi connectivity index (χ3n) is 5.05. The van der Waals surface area contributed by atoms with Crippen LogP contribution >= 0.6 is 0 Å². The lowest BCUT2D eigenvalue weighted by Gasteiger charge is -2.35. The standard InChI is InChI=1S/C19H27N3O2/c1-24-14-19(8-11-20-12-9-19)18(23)21-10-4-5-15-13-22-17-7-3-2-6-16(15)17/h2-3,6-7,13,20,22H,4-5,8-12,14H2,1H3,(H,21,23). The molecule has 0 aliphatic carbocycles. The average Bonchev–Trinajstić information content (AvgIpc) is 3.03. The maximum atomic E-state index is 12.7. The van der Waals surface area contributed by atoms with Crippen molar-refractivity contribution < 1.29 is 9.53 Å². The molecule has 5 heteroatoms. The van der Waals surface area contributed by atoms with Crippen LogP contribution < -0.4 is 10.6 Å². The second kappa shape index (κ2) is 7.81. The average molecular weight is 329 g/mol. The number of amides is 1. The van der Waals surface area contributed by atoms with E-state index in [1.165, 1.54) is 16.5 Å². The molecule has 1 aromatic carbocycles. The van der Waals surface area contributed by atoms with Gasteiger partial charge in [0.05, 0.1) is 12.0 Å². The Labute approximate surface area is 143 Å². The summed E-state index contributed by atoms with van der Waals surface area (Å²) in [5.41, 5.74) is 2.12. The van der Waals surface area contributed by atoms with Crippen LogP contribution in [0.3, 0.4) is 0 Å². The van der Waals surface area contributed by atoms with Gasteiger partial charge in [-0.2, -0.15) is 0 Å². The summed E-state index contributed by atoms with van der Waals surface area (Å²) in [6.07, 6.45) is 5.66. The van der Waals surface area contributed by atoms with E-state index in [9.17, 15) is 4.79 Å². The summed E-state index contributed by atoms with van der Waals surface area (Å²) in [5.74, 6) is 0.143. The predicted octanol–water partition coefficient (Wildman–Crippen LogP) is 2.23. The van der Waals surface area contributed by atoms with Gasteiger partial charge in [0, 0.05) is 30.8 Å². The number of aromatic amines is 1. The first kappa shape index (κ1) is 17.0. The number of benzene rings is 1. The Bertz CT molecular complexity index is 669. The highest BCUT2D eigenvalue weighted by atomic mass is 16.5. The van der Waals surface area contributed by atoms with Gasteiger partial charge < -0.3 is 20.4 Å². The third kappa shape index (κ3) is 3.62. The minimum absolute atomic E-state index is 0.143. The number of methoxy groups -OCH3 is 1. The highest BCUT2D eigenvalue weighted by Gasteiger charge is 2.39. The fourth-order valence-corrected chi connectivity index (χ4v) is 3.63. The van der Waals surface area contributed by atoms with Crippen molar-refractivity contribution in [3.8, 4) is 0 Å². The minimum atomic E-state index is -0.360. The Morgan fingerprint density at radius 3 is 2.88 bits per heavy atom. The van der Waals surface area contributed by atoms with Gasteiger partial charge in [0.2, 0.25) is 5.91 Å². The number of carbonyl (C=O) groups excluding carboxylic acids is 1. The number of nitrogens with one attached hydrogen (secondary N) is 3. The van der Waals surface area contributed by atoms with E-state index in [4.69, 9.17) is 4.74 Å². The van der Waals surface area contributed by atoms with Crippen LogP contribution in [-0.2, 0) is 16.0 Å². The van der Waals surface area contributed by atoms with E-state index in [0.29, 0.717) is 13.2 Å². The molecule has 0 atom stereocenters. The first-order chi connectivity index (χ1) is 11.7. The third-order valence-corrected chi connectivity index (χ3v) is 5.05. The van der Waals surface area contributed by atoms with Crippen molar-refractivity contribution >= 4 is 16.8 Å². The Kier molecular flexibility index (Phi) is 5.53. The molecule has 24 heavy (non-hydrogen) atoms. The first-order valence-corrected chi connectivity index (χ1v) is 8.78. The van der Waals surface area contributed by atoms with Crippen LogP contribution in [0.1, 0.15) is 24.8 Å². The van der Waals surface area contributed by atoms with Gasteiger partial charge in [-0.15, -0.1) is 0 Å². The molecular formula is C19H27N3O2. The van der Waals surface area contributed by atoms with Crippen molar-refractivity contribution in [3.63, 3.8) is 0 Å². The smallest absolute Gasteiger partial charge is 0.228 e. The molecule has 130 valence electrons. The lowest BCUT2D eigenvalue weighted by Crippen LogP contribution is -2.50. The number of para-hydroxylation sites is 1. The van der Waals surface area contributed by atoms with Gasteiger partial charge >= 0.3 is 0 Å². The van der Waals surface area contributed by atoms with Crippen LogP contribution in [0.4, 0.5) is 0 Å². The Morgan fingerprint density at radius 1 is 1.29 bits per heavy atom. The number of ether oxygens (including phenoxy) is 1. The van der Waals surface area contributed by atoms with Crippen LogP contribution in [0.2, 0.25) is 0 Å². The number of aryl methyl sites for hydroxylation is 1. The summed E-state index contributed by atoms with van der Waals surface area (Å²) < 4.78 is 5.33. The SMILES string of the molecule is COCC1(C(=O)NCCCc2c[nH]c3ccccc23)CCNCC1. The number of piperidine rings is 1. The lowest BCUT2D eigenvalue weighted by atomic mass is 9.78. The van der Waals surface area contributed by atoms with Gasteiger partial charge in [-0.1, -0.05) is 18.2 Å². The number of aromatic nitrogens is 1. The zero-order chi connectivity index (χ0) is 16.8. The molecule has 1 fully saturated rings. The first-order valence-electron chi connectivity index (χ1n) is 8.78. The zero-order valence-electron chi connectivity index (χ0n) is 14.4. The molecule has 1 aliphatic heterocycles. The van der Waals surface area contributed by atoms with Crippen molar-refractivity contribution in [2.24, 2.45) is 5.41 Å². The number of fused-ring (bicyclic) bond motifs is 1. The monoisotopic (exact) mass is 329 g/mol. The van der Waals surface area contributed by atoms with Gasteiger partial charge in [0.25, 0.3) is 0 Å². The highest BCUT2D eigenvalue weighted by Crippen LogP contribution is 2.29. The van der Waals surface area contributed by atoms with Gasteiger partial charge in [-0.25, -0.2) is 0 Å². The summed E-state index contributed by atoms with van der Waals surface area (Å²) in [6.45, 7) is 2.97. The Balaban J connectivity index is 1.51. The van der Waals surface area contributed by atoms with Crippen molar-refractivity contribution in [3.05, 3.63) is 36.0 Å². The molecular weight excluding hydrogens is 302 g/mol. The second-order valence-corrected chi connectivity index (χ2v) is 6.68. The van der Waals surface area contributed by atoms with E-state index in [0.717, 1.165) is 38.8 Å². The molecule has 1 saturated heterocycles. The molecule has 0 spiro atoms. The van der Waals surface area contributed by atoms with Crippen LogP contribution in [0.15, 0.2) is 30.5 Å². The summed E-state index contributed by atoms with van der Waals surface area (Å²) >= 11 is 0. The maximum absolute atomic E-state index is 12.7. The summed E-state index contributed by atoms with van der Waals surface area (Å²) in [4.78, 5) is 16.0. The van der Waals surface area contributed by atoms with Crippen LogP contribution in [0.5, 0.6) is 0 Å². The van der Waals surface area contributed by atoms with E-state index in [1.54, 1.807) is 7.11 Å². The van der Waals surface area contributed by atoms with Crippen molar-refractivity contribution in [1.29, 1.82) is 0 Å². The van der Waals surface area contributed by atoms with Crippen LogP contribution in [0, 0.1) is 5.41 Å². The summed E-state index contributed by atoms with van der Waals surface area (Å²) in [6, 6.07) is 8.33. The predicted molar refractivity (Wildman–Crippen MR) is 96.0 cm³/mol. The Morgan fingerprint density at radius 2 is 2.08 bits per heavy atom. The fraction of sp³-hybridized carbons (Fsp3) is 0.526. The second-order valence-electron chi connectivity index (χ2n) is 6.68. The zero-order valence-corrected chi connectivity index (χ0v) is 14.4. The van der Waals surface area contributed by atoms with Crippen molar-refractivity contribution in [2.45, 2.75) is 25.7 Å². The van der Waals surface area contributed by atoms with E-state index in [1.807, 2.05) is 6.07 Å². The summed E-state index contributed by atoms with van der Waals surface area (Å²) in [7, 11) is 1.67. The number of rotatable bonds is 7. The molecule has 0 bridgehead atoms. The van der Waals surface area contributed by atoms with E-state index in [2.05, 4.69) is 40.0 Å². The van der Waals surface area contributed by atoms with Crippen LogP contribution in [-0.4, -0.2) is 44.2 Å². The van der Waals surface area contributed by atoms with E-state index >= 15 is 0 Å². The maximum Gasteiger partial charge on any atom is 0.228 e. The molecule has 0 unspecified atom stereocenters. The van der Waals surface area contributed by atoms with Crippen molar-refractivity contribution in [2.75, 3.05) is 33.4 Å². The topological polar surface area (TPSA) is 66.1 Å². The molecule has 2 aromatic rings. The van der Waals surface area contributed by atoms with Gasteiger partial charge in [-0.3, -0.25) is 4.79 Å². The highest BCUT2D eigenvalue weighted by molar-refractivity contribution is 5.83.